The predicted octanol–water partition coefficient (Wildman–Crippen LogP) is 4.90. The molecule has 0 amide bonds. The van der Waals surface area contributed by atoms with Crippen molar-refractivity contribution in [3.05, 3.63) is 56.7 Å². The Morgan fingerprint density at radius 1 is 1.17 bits per heavy atom. The molecule has 0 N–H and O–H groups in total. The number of carbonyl (C=O) groups is 1. The quantitative estimate of drug-likeness (QED) is 0.729. The van der Waals surface area contributed by atoms with Crippen molar-refractivity contribution in [3.8, 4) is 0 Å². The van der Waals surface area contributed by atoms with E-state index in [2.05, 4.69) is 12.1 Å². The van der Waals surface area contributed by atoms with Crippen LogP contribution in [0, 0.1) is 0 Å². The van der Waals surface area contributed by atoms with Gasteiger partial charge in [-0.15, -0.1) is 11.3 Å². The van der Waals surface area contributed by atoms with Gasteiger partial charge in [-0.25, -0.2) is 0 Å². The molecule has 0 unspecified atom stereocenters. The summed E-state index contributed by atoms with van der Waals surface area (Å²) in [6.07, 6.45) is 3.89. The lowest BCUT2D eigenvalue weighted by atomic mass is 9.80. The molecule has 92 valence electrons. The van der Waals surface area contributed by atoms with Crippen LogP contribution in [0.5, 0.6) is 0 Å². The fourth-order valence-electron chi connectivity index (χ4n) is 2.24. The normalized spacial score (nSPS) is 15.4. The van der Waals surface area contributed by atoms with Crippen molar-refractivity contribution in [2.45, 2.75) is 25.2 Å². The van der Waals surface area contributed by atoms with Gasteiger partial charge in [0.1, 0.15) is 0 Å². The third-order valence-electron chi connectivity index (χ3n) is 3.57. The summed E-state index contributed by atoms with van der Waals surface area (Å²) >= 11 is 7.38. The Balaban J connectivity index is 1.84. The fraction of sp³-hybridized carbons (Fsp3) is 0.267. The molecule has 3 heteroatoms. The van der Waals surface area contributed by atoms with E-state index in [1.165, 1.54) is 36.2 Å². The summed E-state index contributed by atoms with van der Waals surface area (Å²) in [5.41, 5.74) is 2.08. The number of hydrogen-bond acceptors (Lipinski definition) is 2. The summed E-state index contributed by atoms with van der Waals surface area (Å²) in [4.78, 5) is 12.9. The number of rotatable bonds is 3. The molecule has 1 fully saturated rings. The summed E-state index contributed by atoms with van der Waals surface area (Å²) in [5.74, 6) is 0.731. The summed E-state index contributed by atoms with van der Waals surface area (Å²) < 4.78 is 0. The van der Waals surface area contributed by atoms with Crippen LogP contribution in [0.25, 0.3) is 0 Å². The Kier molecular flexibility index (Phi) is 3.23. The van der Waals surface area contributed by atoms with Crippen LogP contribution in [0.2, 0.25) is 5.02 Å². The van der Waals surface area contributed by atoms with E-state index in [0.29, 0.717) is 15.8 Å². The summed E-state index contributed by atoms with van der Waals surface area (Å²) in [7, 11) is 0. The second-order valence-corrected chi connectivity index (χ2v) is 6.00. The first kappa shape index (κ1) is 11.9. The molecule has 2 aromatic rings. The van der Waals surface area contributed by atoms with Gasteiger partial charge in [0.25, 0.3) is 0 Å². The van der Waals surface area contributed by atoms with Gasteiger partial charge in [0.15, 0.2) is 0 Å². The molecule has 3 rings (SSSR count). The van der Waals surface area contributed by atoms with Gasteiger partial charge in [0.2, 0.25) is 5.78 Å². The molecule has 0 atom stereocenters. The maximum Gasteiger partial charge on any atom is 0.204 e. The summed E-state index contributed by atoms with van der Waals surface area (Å²) in [6.45, 7) is 0. The number of hydrogen-bond donors (Lipinski definition) is 0. The first-order valence-corrected chi connectivity index (χ1v) is 7.39. The van der Waals surface area contributed by atoms with Gasteiger partial charge in [0.05, 0.1) is 9.90 Å². The third kappa shape index (κ3) is 2.11. The Bertz CT molecular complexity index is 566. The van der Waals surface area contributed by atoms with Gasteiger partial charge in [-0.3, -0.25) is 4.79 Å². The van der Waals surface area contributed by atoms with E-state index in [-0.39, 0.29) is 5.78 Å². The topological polar surface area (TPSA) is 17.1 Å². The summed E-state index contributed by atoms with van der Waals surface area (Å²) in [6, 6.07) is 9.78. The van der Waals surface area contributed by atoms with Crippen LogP contribution >= 0.6 is 22.9 Å². The molecule has 1 aromatic carbocycles. The van der Waals surface area contributed by atoms with Gasteiger partial charge in [0, 0.05) is 5.56 Å². The zero-order chi connectivity index (χ0) is 12.5. The van der Waals surface area contributed by atoms with Gasteiger partial charge in [-0.05, 0) is 35.8 Å². The summed E-state index contributed by atoms with van der Waals surface area (Å²) in [5, 5.41) is 2.39. The molecule has 1 heterocycles. The molecule has 1 saturated carbocycles. The predicted molar refractivity (Wildman–Crippen MR) is 75.8 cm³/mol. The maximum absolute atomic E-state index is 12.2. The van der Waals surface area contributed by atoms with Crippen LogP contribution in [-0.4, -0.2) is 5.78 Å². The molecule has 0 saturated heterocycles. The number of benzene rings is 1. The van der Waals surface area contributed by atoms with E-state index >= 15 is 0 Å². The minimum absolute atomic E-state index is 0.0233. The second kappa shape index (κ2) is 4.87. The monoisotopic (exact) mass is 276 g/mol. The van der Waals surface area contributed by atoms with Crippen LogP contribution in [-0.2, 0) is 0 Å². The highest BCUT2D eigenvalue weighted by molar-refractivity contribution is 7.13. The Morgan fingerprint density at radius 3 is 2.39 bits per heavy atom. The van der Waals surface area contributed by atoms with Crippen molar-refractivity contribution in [3.63, 3.8) is 0 Å². The molecule has 0 bridgehead atoms. The van der Waals surface area contributed by atoms with Crippen molar-refractivity contribution >= 4 is 28.7 Å². The maximum atomic E-state index is 12.2. The van der Waals surface area contributed by atoms with E-state index in [1.54, 1.807) is 6.07 Å². The molecule has 1 nitrogen and oxygen atoms in total. The van der Waals surface area contributed by atoms with Crippen LogP contribution in [0.1, 0.15) is 46.0 Å². The van der Waals surface area contributed by atoms with E-state index in [0.717, 1.165) is 5.56 Å². The first-order chi connectivity index (χ1) is 8.75. The first-order valence-electron chi connectivity index (χ1n) is 6.13. The molecule has 0 spiro atoms. The molecule has 1 aliphatic rings. The van der Waals surface area contributed by atoms with E-state index in [4.69, 9.17) is 11.6 Å². The Labute approximate surface area is 115 Å². The largest absolute Gasteiger partial charge is 0.288 e. The molecule has 1 aliphatic carbocycles. The third-order valence-corrected chi connectivity index (χ3v) is 4.91. The SMILES string of the molecule is O=C(c1ccc(C2CCC2)cc1)c1sccc1Cl. The minimum atomic E-state index is 0.0233. The van der Waals surface area contributed by atoms with Crippen molar-refractivity contribution in [1.82, 2.24) is 0 Å². The van der Waals surface area contributed by atoms with Gasteiger partial charge < -0.3 is 0 Å². The highest BCUT2D eigenvalue weighted by Crippen LogP contribution is 2.36. The lowest BCUT2D eigenvalue weighted by Gasteiger charge is -2.25. The molecular formula is C15H13ClOS. The standard InChI is InChI=1S/C15H13ClOS/c16-13-8-9-18-15(13)14(17)12-6-4-11(5-7-12)10-2-1-3-10/h4-10H,1-3H2. The van der Waals surface area contributed by atoms with E-state index in [9.17, 15) is 4.79 Å². The highest BCUT2D eigenvalue weighted by atomic mass is 35.5. The van der Waals surface area contributed by atoms with Crippen LogP contribution in [0.15, 0.2) is 35.7 Å². The highest BCUT2D eigenvalue weighted by Gasteiger charge is 2.20. The molecule has 0 radical (unpaired) electrons. The zero-order valence-electron chi connectivity index (χ0n) is 9.86. The number of carbonyl (C=O) groups excluding carboxylic acids is 1. The van der Waals surface area contributed by atoms with Crippen molar-refractivity contribution in [2.24, 2.45) is 0 Å². The van der Waals surface area contributed by atoms with Gasteiger partial charge in [-0.1, -0.05) is 42.3 Å². The Hall–Kier alpha value is -1.12. The number of thiophene rings is 1. The minimum Gasteiger partial charge on any atom is -0.288 e. The van der Waals surface area contributed by atoms with E-state index < -0.39 is 0 Å². The average Bonchev–Trinajstić information content (AvgIpc) is 2.73. The lowest BCUT2D eigenvalue weighted by Crippen LogP contribution is -2.09. The van der Waals surface area contributed by atoms with Crippen LogP contribution < -0.4 is 0 Å². The van der Waals surface area contributed by atoms with Crippen molar-refractivity contribution in [1.29, 1.82) is 0 Å². The number of ketones is 1. The van der Waals surface area contributed by atoms with Gasteiger partial charge in [-0.2, -0.15) is 0 Å². The molecular weight excluding hydrogens is 264 g/mol. The molecule has 18 heavy (non-hydrogen) atoms. The number of halogens is 1. The second-order valence-electron chi connectivity index (χ2n) is 4.68. The zero-order valence-corrected chi connectivity index (χ0v) is 11.4. The average molecular weight is 277 g/mol. The van der Waals surface area contributed by atoms with Crippen LogP contribution in [0.4, 0.5) is 0 Å². The van der Waals surface area contributed by atoms with Crippen molar-refractivity contribution in [2.75, 3.05) is 0 Å². The smallest absolute Gasteiger partial charge is 0.204 e. The van der Waals surface area contributed by atoms with Crippen molar-refractivity contribution < 1.29 is 4.79 Å². The Morgan fingerprint density at radius 2 is 1.89 bits per heavy atom. The van der Waals surface area contributed by atoms with E-state index in [1.807, 2.05) is 17.5 Å². The fourth-order valence-corrected chi connectivity index (χ4v) is 3.34. The van der Waals surface area contributed by atoms with Crippen LogP contribution in [0.3, 0.4) is 0 Å². The molecule has 1 aromatic heterocycles. The molecule has 0 aliphatic heterocycles. The lowest BCUT2D eigenvalue weighted by molar-refractivity contribution is 0.104. The van der Waals surface area contributed by atoms with Gasteiger partial charge >= 0.3 is 0 Å².